The van der Waals surface area contributed by atoms with E-state index in [0.717, 1.165) is 0 Å². The van der Waals surface area contributed by atoms with Crippen molar-refractivity contribution >= 4 is 11.6 Å². The molecule has 2 N–H and O–H groups in total. The van der Waals surface area contributed by atoms with Crippen molar-refractivity contribution in [2.45, 2.75) is 6.92 Å². The van der Waals surface area contributed by atoms with Crippen LogP contribution in [0.2, 0.25) is 0 Å². The number of methoxy groups -OCH3 is 1. The number of hydrogen-bond donors (Lipinski definition) is 2. The van der Waals surface area contributed by atoms with E-state index in [9.17, 15) is 9.90 Å². The first-order valence-electron chi connectivity index (χ1n) is 6.39. The Morgan fingerprint density at radius 1 is 1.14 bits per heavy atom. The number of rotatable bonds is 4. The monoisotopic (exact) mass is 284 g/mol. The molecule has 0 saturated heterocycles. The van der Waals surface area contributed by atoms with Crippen LogP contribution in [0.4, 0.5) is 0 Å². The Bertz CT molecular complexity index is 666. The average Bonchev–Trinajstić information content (AvgIpc) is 2.53. The highest BCUT2D eigenvalue weighted by Gasteiger charge is 2.10. The third-order valence-corrected chi connectivity index (χ3v) is 2.97. The summed E-state index contributed by atoms with van der Waals surface area (Å²) in [4.78, 5) is 11.9. The van der Waals surface area contributed by atoms with E-state index in [1.165, 1.54) is 7.11 Å². The fraction of sp³-hybridized carbons (Fsp3) is 0.125. The molecular formula is C16H16N2O3. The molecule has 5 heteroatoms. The predicted octanol–water partition coefficient (Wildman–Crippen LogP) is 2.55. The molecule has 1 amide bonds. The van der Waals surface area contributed by atoms with Gasteiger partial charge in [-0.1, -0.05) is 24.3 Å². The number of phenols is 1. The molecule has 0 aliphatic heterocycles. The molecule has 0 saturated carbocycles. The van der Waals surface area contributed by atoms with Crippen LogP contribution in [-0.4, -0.2) is 23.8 Å². The summed E-state index contributed by atoms with van der Waals surface area (Å²) >= 11 is 0. The molecule has 0 aromatic heterocycles. The number of carbonyl (C=O) groups excluding carboxylic acids is 1. The lowest BCUT2D eigenvalue weighted by molar-refractivity contribution is 0.0955. The second-order valence-electron chi connectivity index (χ2n) is 4.36. The summed E-state index contributed by atoms with van der Waals surface area (Å²) in [6, 6.07) is 13.9. The van der Waals surface area contributed by atoms with Crippen LogP contribution >= 0.6 is 0 Å². The number of benzene rings is 2. The van der Waals surface area contributed by atoms with Crippen molar-refractivity contribution in [3.8, 4) is 11.5 Å². The second-order valence-corrected chi connectivity index (χ2v) is 4.36. The van der Waals surface area contributed by atoms with Gasteiger partial charge in [-0.25, -0.2) is 5.43 Å². The number of hydrogen-bond acceptors (Lipinski definition) is 4. The summed E-state index contributed by atoms with van der Waals surface area (Å²) in [7, 11) is 1.47. The molecule has 0 aliphatic rings. The van der Waals surface area contributed by atoms with Crippen LogP contribution in [0.1, 0.15) is 22.8 Å². The Labute approximate surface area is 122 Å². The maximum atomic E-state index is 11.9. The zero-order chi connectivity index (χ0) is 15.2. The number of nitrogens with one attached hydrogen (secondary N) is 1. The number of phenolic OH excluding ortho intramolecular Hbond substituents is 1. The number of carbonyl (C=O) groups is 1. The SMILES string of the molecule is COc1cccc(C(C)=NNC(=O)c2ccccc2)c1O. The van der Waals surface area contributed by atoms with Crippen molar-refractivity contribution in [3.05, 3.63) is 59.7 Å². The summed E-state index contributed by atoms with van der Waals surface area (Å²) in [6.07, 6.45) is 0. The van der Waals surface area contributed by atoms with Crippen molar-refractivity contribution in [1.29, 1.82) is 0 Å². The van der Waals surface area contributed by atoms with Crippen molar-refractivity contribution < 1.29 is 14.6 Å². The summed E-state index contributed by atoms with van der Waals surface area (Å²) in [6.45, 7) is 1.69. The number of ether oxygens (including phenoxy) is 1. The van der Waals surface area contributed by atoms with Gasteiger partial charge in [-0.3, -0.25) is 4.79 Å². The zero-order valence-electron chi connectivity index (χ0n) is 11.8. The van der Waals surface area contributed by atoms with Crippen LogP contribution in [-0.2, 0) is 0 Å². The van der Waals surface area contributed by atoms with Crippen LogP contribution in [0, 0.1) is 0 Å². The van der Waals surface area contributed by atoms with Gasteiger partial charge in [0.05, 0.1) is 12.8 Å². The fourth-order valence-electron chi connectivity index (χ4n) is 1.83. The largest absolute Gasteiger partial charge is 0.504 e. The molecule has 2 rings (SSSR count). The van der Waals surface area contributed by atoms with Gasteiger partial charge in [0.25, 0.3) is 5.91 Å². The zero-order valence-corrected chi connectivity index (χ0v) is 11.8. The van der Waals surface area contributed by atoms with Crippen molar-refractivity contribution in [1.82, 2.24) is 5.43 Å². The smallest absolute Gasteiger partial charge is 0.271 e. The molecule has 0 radical (unpaired) electrons. The van der Waals surface area contributed by atoms with Crippen molar-refractivity contribution in [2.24, 2.45) is 5.10 Å². The second kappa shape index (κ2) is 6.56. The third kappa shape index (κ3) is 3.39. The maximum Gasteiger partial charge on any atom is 0.271 e. The van der Waals surface area contributed by atoms with Gasteiger partial charge >= 0.3 is 0 Å². The molecule has 0 bridgehead atoms. The van der Waals surface area contributed by atoms with E-state index in [2.05, 4.69) is 10.5 Å². The maximum absolute atomic E-state index is 11.9. The Hall–Kier alpha value is -2.82. The van der Waals surface area contributed by atoms with Crippen molar-refractivity contribution in [3.63, 3.8) is 0 Å². The van der Waals surface area contributed by atoms with E-state index in [0.29, 0.717) is 22.6 Å². The lowest BCUT2D eigenvalue weighted by Gasteiger charge is -2.08. The van der Waals surface area contributed by atoms with Gasteiger partial charge in [-0.15, -0.1) is 0 Å². The Morgan fingerprint density at radius 2 is 1.86 bits per heavy atom. The molecule has 2 aromatic carbocycles. The normalized spacial score (nSPS) is 11.0. The molecule has 0 fully saturated rings. The Morgan fingerprint density at radius 3 is 2.52 bits per heavy atom. The number of para-hydroxylation sites is 1. The van der Waals surface area contributed by atoms with Crippen LogP contribution in [0.5, 0.6) is 11.5 Å². The molecule has 21 heavy (non-hydrogen) atoms. The van der Waals surface area contributed by atoms with Gasteiger partial charge in [0, 0.05) is 11.1 Å². The van der Waals surface area contributed by atoms with Gasteiger partial charge in [-0.2, -0.15) is 5.10 Å². The first kappa shape index (κ1) is 14.6. The molecule has 0 atom stereocenters. The lowest BCUT2D eigenvalue weighted by Crippen LogP contribution is -2.19. The van der Waals surface area contributed by atoms with E-state index < -0.39 is 0 Å². The fourth-order valence-corrected chi connectivity index (χ4v) is 1.83. The summed E-state index contributed by atoms with van der Waals surface area (Å²) in [5, 5.41) is 14.0. The highest BCUT2D eigenvalue weighted by molar-refractivity contribution is 6.03. The van der Waals surface area contributed by atoms with Crippen LogP contribution < -0.4 is 10.2 Å². The van der Waals surface area contributed by atoms with Gasteiger partial charge in [0.2, 0.25) is 0 Å². The minimum atomic E-state index is -0.308. The topological polar surface area (TPSA) is 70.9 Å². The summed E-state index contributed by atoms with van der Waals surface area (Å²) < 4.78 is 5.04. The molecule has 0 unspecified atom stereocenters. The van der Waals surface area contributed by atoms with Gasteiger partial charge in [0.15, 0.2) is 11.5 Å². The molecule has 0 heterocycles. The number of aromatic hydroxyl groups is 1. The summed E-state index contributed by atoms with van der Waals surface area (Å²) in [5.41, 5.74) is 3.96. The molecule has 0 spiro atoms. The molecule has 108 valence electrons. The first-order valence-corrected chi connectivity index (χ1v) is 6.39. The predicted molar refractivity (Wildman–Crippen MR) is 80.8 cm³/mol. The number of hydrazone groups is 1. The Kier molecular flexibility index (Phi) is 4.56. The van der Waals surface area contributed by atoms with E-state index in [1.54, 1.807) is 49.4 Å². The molecule has 0 aliphatic carbocycles. The quantitative estimate of drug-likeness (QED) is 0.669. The van der Waals surface area contributed by atoms with E-state index in [4.69, 9.17) is 4.74 Å². The van der Waals surface area contributed by atoms with Gasteiger partial charge in [0.1, 0.15) is 0 Å². The molecule has 5 nitrogen and oxygen atoms in total. The first-order chi connectivity index (χ1) is 10.1. The highest BCUT2D eigenvalue weighted by atomic mass is 16.5. The van der Waals surface area contributed by atoms with Crippen LogP contribution in [0.3, 0.4) is 0 Å². The number of nitrogens with zero attached hydrogens (tertiary/aromatic N) is 1. The van der Waals surface area contributed by atoms with E-state index in [-0.39, 0.29) is 11.7 Å². The van der Waals surface area contributed by atoms with E-state index in [1.807, 2.05) is 6.07 Å². The third-order valence-electron chi connectivity index (χ3n) is 2.97. The lowest BCUT2D eigenvalue weighted by atomic mass is 10.1. The van der Waals surface area contributed by atoms with E-state index >= 15 is 0 Å². The summed E-state index contributed by atoms with van der Waals surface area (Å²) in [5.74, 6) is 0.0454. The Balaban J connectivity index is 2.17. The van der Waals surface area contributed by atoms with Crippen LogP contribution in [0.15, 0.2) is 53.6 Å². The van der Waals surface area contributed by atoms with Crippen molar-refractivity contribution in [2.75, 3.05) is 7.11 Å². The standard InChI is InChI=1S/C16H16N2O3/c1-11(13-9-6-10-14(21-2)15(13)19)17-18-16(20)12-7-4-3-5-8-12/h3-10,19H,1-2H3,(H,18,20). The minimum Gasteiger partial charge on any atom is -0.504 e. The van der Waals surface area contributed by atoms with Gasteiger partial charge in [-0.05, 0) is 31.2 Å². The molecular weight excluding hydrogens is 268 g/mol. The highest BCUT2D eigenvalue weighted by Crippen LogP contribution is 2.29. The minimum absolute atomic E-state index is 0.00444. The number of amides is 1. The molecule has 2 aromatic rings. The average molecular weight is 284 g/mol. The van der Waals surface area contributed by atoms with Gasteiger partial charge < -0.3 is 9.84 Å². The van der Waals surface area contributed by atoms with Crippen LogP contribution in [0.25, 0.3) is 0 Å².